The first-order chi connectivity index (χ1) is 9.25. The summed E-state index contributed by atoms with van der Waals surface area (Å²) in [7, 11) is 0. The van der Waals surface area contributed by atoms with E-state index >= 15 is 0 Å². The molecule has 0 amide bonds. The minimum Gasteiger partial charge on any atom is -0.316 e. The lowest BCUT2D eigenvalue weighted by atomic mass is 10.1. The molecule has 0 bridgehead atoms. The zero-order valence-corrected chi connectivity index (χ0v) is 13.2. The van der Waals surface area contributed by atoms with Gasteiger partial charge in [-0.1, -0.05) is 12.1 Å². The van der Waals surface area contributed by atoms with Gasteiger partial charge in [-0.05, 0) is 61.5 Å². The molecule has 0 saturated heterocycles. The molecule has 0 aliphatic carbocycles. The van der Waals surface area contributed by atoms with Crippen molar-refractivity contribution >= 4 is 23.1 Å². The molecule has 1 heterocycles. The van der Waals surface area contributed by atoms with Gasteiger partial charge in [0.2, 0.25) is 0 Å². The van der Waals surface area contributed by atoms with Gasteiger partial charge in [-0.3, -0.25) is 0 Å². The second-order valence-corrected chi connectivity index (χ2v) is 6.87. The van der Waals surface area contributed by atoms with Gasteiger partial charge in [0.25, 0.3) is 0 Å². The molecular formula is C16H21NS2. The van der Waals surface area contributed by atoms with Gasteiger partial charge >= 0.3 is 0 Å². The lowest BCUT2D eigenvalue weighted by molar-refractivity contribution is 0.725. The van der Waals surface area contributed by atoms with Crippen LogP contribution in [0.15, 0.2) is 40.6 Å². The minimum atomic E-state index is 1.07. The number of thiophene rings is 1. The second kappa shape index (κ2) is 7.73. The maximum atomic E-state index is 3.51. The number of nitrogens with one attached hydrogen (secondary N) is 1. The molecule has 19 heavy (non-hydrogen) atoms. The Bertz CT molecular complexity index is 491. The zero-order chi connectivity index (χ0) is 13.5. The van der Waals surface area contributed by atoms with Crippen LogP contribution >= 0.6 is 23.1 Å². The Morgan fingerprint density at radius 1 is 1.11 bits per heavy atom. The number of benzene rings is 1. The highest BCUT2D eigenvalue weighted by Crippen LogP contribution is 2.20. The van der Waals surface area contributed by atoms with Crippen molar-refractivity contribution in [3.05, 3.63) is 51.7 Å². The van der Waals surface area contributed by atoms with Gasteiger partial charge in [-0.25, -0.2) is 0 Å². The van der Waals surface area contributed by atoms with Crippen molar-refractivity contribution in [1.29, 1.82) is 0 Å². The van der Waals surface area contributed by atoms with Gasteiger partial charge < -0.3 is 5.32 Å². The highest BCUT2D eigenvalue weighted by Gasteiger charge is 1.97. The molecule has 1 aromatic heterocycles. The van der Waals surface area contributed by atoms with E-state index in [-0.39, 0.29) is 0 Å². The molecule has 0 atom stereocenters. The first-order valence-corrected chi connectivity index (χ1v) is 8.55. The van der Waals surface area contributed by atoms with Gasteiger partial charge in [0, 0.05) is 22.1 Å². The summed E-state index contributed by atoms with van der Waals surface area (Å²) in [5.74, 6) is 1.13. The summed E-state index contributed by atoms with van der Waals surface area (Å²) in [6.07, 6.45) is 1.14. The van der Waals surface area contributed by atoms with Gasteiger partial charge in [-0.15, -0.1) is 23.1 Å². The zero-order valence-electron chi connectivity index (χ0n) is 11.6. The van der Waals surface area contributed by atoms with E-state index in [0.717, 1.165) is 25.3 Å². The topological polar surface area (TPSA) is 12.0 Å². The Kier molecular flexibility index (Phi) is 5.95. The predicted octanol–water partition coefficient (Wildman–Crippen LogP) is 4.29. The van der Waals surface area contributed by atoms with Gasteiger partial charge in [-0.2, -0.15) is 0 Å². The highest BCUT2D eigenvalue weighted by molar-refractivity contribution is 7.99. The third-order valence-corrected chi connectivity index (χ3v) is 5.09. The molecular weight excluding hydrogens is 270 g/mol. The predicted molar refractivity (Wildman–Crippen MR) is 87.5 cm³/mol. The van der Waals surface area contributed by atoms with E-state index in [4.69, 9.17) is 0 Å². The largest absolute Gasteiger partial charge is 0.316 e. The molecule has 102 valence electrons. The van der Waals surface area contributed by atoms with Crippen LogP contribution in [0.1, 0.15) is 16.0 Å². The molecule has 1 aromatic carbocycles. The van der Waals surface area contributed by atoms with E-state index in [0.29, 0.717) is 0 Å². The van der Waals surface area contributed by atoms with Crippen molar-refractivity contribution in [2.45, 2.75) is 25.2 Å². The molecule has 2 rings (SSSR count). The summed E-state index contributed by atoms with van der Waals surface area (Å²) in [5, 5.41) is 5.65. The molecule has 0 unspecified atom stereocenters. The fourth-order valence-corrected chi connectivity index (χ4v) is 3.45. The summed E-state index contributed by atoms with van der Waals surface area (Å²) in [5.41, 5.74) is 2.76. The van der Waals surface area contributed by atoms with Gasteiger partial charge in [0.05, 0.1) is 0 Å². The van der Waals surface area contributed by atoms with Crippen LogP contribution in [0, 0.1) is 13.8 Å². The van der Waals surface area contributed by atoms with E-state index < -0.39 is 0 Å². The summed E-state index contributed by atoms with van der Waals surface area (Å²) >= 11 is 3.77. The summed E-state index contributed by atoms with van der Waals surface area (Å²) in [6, 6.07) is 11.0. The number of hydrogen-bond donors (Lipinski definition) is 1. The Morgan fingerprint density at radius 3 is 2.74 bits per heavy atom. The van der Waals surface area contributed by atoms with Crippen molar-refractivity contribution in [2.24, 2.45) is 0 Å². The Labute approximate surface area is 124 Å². The average Bonchev–Trinajstić information content (AvgIpc) is 2.91. The van der Waals surface area contributed by atoms with Crippen molar-refractivity contribution in [1.82, 2.24) is 5.32 Å². The number of aryl methyl sites for hydroxylation is 2. The van der Waals surface area contributed by atoms with E-state index in [1.807, 2.05) is 23.1 Å². The molecule has 0 fully saturated rings. The van der Waals surface area contributed by atoms with Crippen LogP contribution in [0.4, 0.5) is 0 Å². The van der Waals surface area contributed by atoms with Crippen LogP contribution in [-0.2, 0) is 6.42 Å². The van der Waals surface area contributed by atoms with E-state index in [9.17, 15) is 0 Å². The fourth-order valence-electron chi connectivity index (χ4n) is 1.84. The van der Waals surface area contributed by atoms with Crippen LogP contribution in [0.2, 0.25) is 0 Å². The highest BCUT2D eigenvalue weighted by atomic mass is 32.2. The van der Waals surface area contributed by atoms with Crippen LogP contribution in [0.25, 0.3) is 0 Å². The van der Waals surface area contributed by atoms with E-state index in [2.05, 4.69) is 54.9 Å². The van der Waals surface area contributed by atoms with Gasteiger partial charge in [0.15, 0.2) is 0 Å². The van der Waals surface area contributed by atoms with Crippen LogP contribution in [0.5, 0.6) is 0 Å². The smallest absolute Gasteiger partial charge is 0.0106 e. The normalized spacial score (nSPS) is 10.8. The number of rotatable bonds is 7. The van der Waals surface area contributed by atoms with Crippen LogP contribution < -0.4 is 5.32 Å². The molecule has 0 spiro atoms. The van der Waals surface area contributed by atoms with Gasteiger partial charge in [0.1, 0.15) is 0 Å². The lowest BCUT2D eigenvalue weighted by Gasteiger charge is -2.06. The van der Waals surface area contributed by atoms with Crippen molar-refractivity contribution < 1.29 is 0 Å². The second-order valence-electron chi connectivity index (χ2n) is 4.67. The standard InChI is InChI=1S/C16H21NS2/c1-13-5-6-16(12-14(13)2)19-11-9-17-8-7-15-4-3-10-18-15/h3-6,10,12,17H,7-9,11H2,1-2H3. The monoisotopic (exact) mass is 291 g/mol. The lowest BCUT2D eigenvalue weighted by Crippen LogP contribution is -2.19. The molecule has 0 aliphatic heterocycles. The van der Waals surface area contributed by atoms with Crippen molar-refractivity contribution in [3.8, 4) is 0 Å². The first-order valence-electron chi connectivity index (χ1n) is 6.69. The fraction of sp³-hybridized carbons (Fsp3) is 0.375. The number of hydrogen-bond acceptors (Lipinski definition) is 3. The third-order valence-electron chi connectivity index (χ3n) is 3.15. The molecule has 0 saturated carbocycles. The Morgan fingerprint density at radius 2 is 2.00 bits per heavy atom. The SMILES string of the molecule is Cc1ccc(SCCNCCc2cccs2)cc1C. The van der Waals surface area contributed by atoms with E-state index in [1.165, 1.54) is 20.9 Å². The summed E-state index contributed by atoms with van der Waals surface area (Å²) in [6.45, 7) is 6.49. The molecule has 3 heteroatoms. The maximum absolute atomic E-state index is 3.51. The molecule has 1 nitrogen and oxygen atoms in total. The molecule has 1 N–H and O–H groups in total. The summed E-state index contributed by atoms with van der Waals surface area (Å²) < 4.78 is 0. The van der Waals surface area contributed by atoms with Crippen LogP contribution in [-0.4, -0.2) is 18.8 Å². The van der Waals surface area contributed by atoms with Crippen molar-refractivity contribution in [3.63, 3.8) is 0 Å². The third kappa shape index (κ3) is 5.01. The summed E-state index contributed by atoms with van der Waals surface area (Å²) in [4.78, 5) is 2.84. The average molecular weight is 291 g/mol. The minimum absolute atomic E-state index is 1.07. The Balaban J connectivity index is 1.60. The maximum Gasteiger partial charge on any atom is 0.0106 e. The first kappa shape index (κ1) is 14.6. The van der Waals surface area contributed by atoms with E-state index in [1.54, 1.807) is 0 Å². The quantitative estimate of drug-likeness (QED) is 0.603. The molecule has 0 aliphatic rings. The van der Waals surface area contributed by atoms with Crippen molar-refractivity contribution in [2.75, 3.05) is 18.8 Å². The van der Waals surface area contributed by atoms with Crippen LogP contribution in [0.3, 0.4) is 0 Å². The Hall–Kier alpha value is -0.770. The molecule has 0 radical (unpaired) electrons. The molecule has 2 aromatic rings. The number of thioether (sulfide) groups is 1.